The monoisotopic (exact) mass is 456 g/mol. The van der Waals surface area contributed by atoms with E-state index in [2.05, 4.69) is 10.3 Å². The summed E-state index contributed by atoms with van der Waals surface area (Å²) in [5, 5.41) is 15.2. The molecule has 164 valence electrons. The molecule has 2 aromatic carbocycles. The van der Waals surface area contributed by atoms with Crippen molar-refractivity contribution in [2.75, 3.05) is 4.90 Å². The molecule has 8 heteroatoms. The molecule has 1 aliphatic heterocycles. The summed E-state index contributed by atoms with van der Waals surface area (Å²) in [5.74, 6) is 1.23. The second kappa shape index (κ2) is 8.48. The van der Waals surface area contributed by atoms with Crippen molar-refractivity contribution in [2.45, 2.75) is 19.0 Å². The fourth-order valence-corrected chi connectivity index (χ4v) is 4.41. The summed E-state index contributed by atoms with van der Waals surface area (Å²) in [7, 11) is 0. The van der Waals surface area contributed by atoms with Crippen molar-refractivity contribution < 1.29 is 9.34 Å². The summed E-state index contributed by atoms with van der Waals surface area (Å²) in [4.78, 5) is 17.4. The molecule has 3 heterocycles. The Bertz CT molecular complexity index is 1320. The first-order valence-corrected chi connectivity index (χ1v) is 10.8. The van der Waals surface area contributed by atoms with Gasteiger partial charge in [-0.05, 0) is 55.5 Å². The normalized spacial score (nSPS) is 17.7. The largest absolute Gasteiger partial charge is 0.459 e. The van der Waals surface area contributed by atoms with Gasteiger partial charge >= 0.3 is 0 Å². The van der Waals surface area contributed by atoms with Crippen LogP contribution in [-0.2, 0) is 0 Å². The zero-order valence-electron chi connectivity index (χ0n) is 17.7. The highest BCUT2D eigenvalue weighted by atomic mass is 32.1. The molecular weight excluding hydrogens is 436 g/mol. The van der Waals surface area contributed by atoms with Gasteiger partial charge in [0.25, 0.3) is 5.69 Å². The van der Waals surface area contributed by atoms with E-state index in [4.69, 9.17) is 16.6 Å². The average molecular weight is 457 g/mol. The lowest BCUT2D eigenvalue weighted by atomic mass is 10.0. The predicted molar refractivity (Wildman–Crippen MR) is 130 cm³/mol. The Morgan fingerprint density at radius 2 is 1.88 bits per heavy atom. The molecule has 1 N–H and O–H groups in total. The van der Waals surface area contributed by atoms with E-state index in [9.17, 15) is 10.1 Å². The SMILES string of the molecule is Cc1ccc(N2C(=S)NC(c3ccccn3)C2c2ccc(-c3cccc([N+](=O)[O-])c3)o2)cc1. The van der Waals surface area contributed by atoms with Gasteiger partial charge in [0.05, 0.1) is 16.7 Å². The molecule has 1 saturated heterocycles. The Kier molecular flexibility index (Phi) is 5.35. The maximum absolute atomic E-state index is 11.2. The number of aromatic nitrogens is 1. The number of hydrogen-bond donors (Lipinski definition) is 1. The minimum atomic E-state index is -0.414. The van der Waals surface area contributed by atoms with Crippen molar-refractivity contribution in [3.63, 3.8) is 0 Å². The topological polar surface area (TPSA) is 84.4 Å². The molecule has 1 fully saturated rings. The van der Waals surface area contributed by atoms with Gasteiger partial charge in [0.2, 0.25) is 0 Å². The molecule has 1 aliphatic rings. The summed E-state index contributed by atoms with van der Waals surface area (Å²) < 4.78 is 6.27. The van der Waals surface area contributed by atoms with E-state index in [0.29, 0.717) is 22.2 Å². The molecule has 0 bridgehead atoms. The zero-order valence-corrected chi connectivity index (χ0v) is 18.5. The quantitative estimate of drug-likeness (QED) is 0.233. The number of nitro benzene ring substituents is 1. The van der Waals surface area contributed by atoms with Crippen LogP contribution < -0.4 is 10.2 Å². The lowest BCUT2D eigenvalue weighted by Crippen LogP contribution is -2.29. The number of thiocarbonyl (C=S) groups is 1. The average Bonchev–Trinajstić information content (AvgIpc) is 3.45. The lowest BCUT2D eigenvalue weighted by Gasteiger charge is -2.26. The minimum absolute atomic E-state index is 0.0156. The molecule has 4 aromatic rings. The Morgan fingerprint density at radius 3 is 2.61 bits per heavy atom. The van der Waals surface area contributed by atoms with Gasteiger partial charge in [-0.15, -0.1) is 0 Å². The van der Waals surface area contributed by atoms with Crippen molar-refractivity contribution >= 4 is 28.7 Å². The first-order chi connectivity index (χ1) is 16.0. The third kappa shape index (κ3) is 3.96. The smallest absolute Gasteiger partial charge is 0.270 e. The van der Waals surface area contributed by atoms with E-state index < -0.39 is 4.92 Å². The number of pyridine rings is 1. The van der Waals surface area contributed by atoms with Crippen molar-refractivity contribution in [2.24, 2.45) is 0 Å². The van der Waals surface area contributed by atoms with Crippen molar-refractivity contribution in [1.29, 1.82) is 0 Å². The van der Waals surface area contributed by atoms with E-state index in [0.717, 1.165) is 16.9 Å². The molecule has 2 unspecified atom stereocenters. The summed E-state index contributed by atoms with van der Waals surface area (Å²) in [6.45, 7) is 2.04. The van der Waals surface area contributed by atoms with E-state index >= 15 is 0 Å². The number of furan rings is 1. The number of aryl methyl sites for hydroxylation is 1. The van der Waals surface area contributed by atoms with Crippen LogP contribution in [0.2, 0.25) is 0 Å². The third-order valence-corrected chi connectivity index (χ3v) is 5.98. The van der Waals surface area contributed by atoms with Gasteiger partial charge in [-0.2, -0.15) is 0 Å². The predicted octanol–water partition coefficient (Wildman–Crippen LogP) is 5.74. The highest BCUT2D eigenvalue weighted by Crippen LogP contribution is 2.43. The number of nitrogens with zero attached hydrogens (tertiary/aromatic N) is 3. The molecule has 0 radical (unpaired) electrons. The molecule has 0 aliphatic carbocycles. The Hall–Kier alpha value is -4.04. The molecular formula is C25H20N4O3S. The molecule has 7 nitrogen and oxygen atoms in total. The van der Waals surface area contributed by atoms with Gasteiger partial charge in [-0.3, -0.25) is 15.1 Å². The Labute approximate surface area is 195 Å². The van der Waals surface area contributed by atoms with Crippen LogP contribution in [0.3, 0.4) is 0 Å². The molecule has 0 spiro atoms. The molecule has 0 saturated carbocycles. The van der Waals surface area contributed by atoms with Gasteiger partial charge in [0, 0.05) is 29.6 Å². The number of anilines is 1. The molecule has 2 aromatic heterocycles. The minimum Gasteiger partial charge on any atom is -0.459 e. The summed E-state index contributed by atoms with van der Waals surface area (Å²) in [6.07, 6.45) is 1.75. The van der Waals surface area contributed by atoms with Gasteiger partial charge in [-0.1, -0.05) is 35.9 Å². The van der Waals surface area contributed by atoms with Gasteiger partial charge in [-0.25, -0.2) is 0 Å². The van der Waals surface area contributed by atoms with Crippen LogP contribution in [0, 0.1) is 17.0 Å². The number of rotatable bonds is 5. The van der Waals surface area contributed by atoms with Crippen LogP contribution in [0.25, 0.3) is 11.3 Å². The van der Waals surface area contributed by atoms with Crippen LogP contribution >= 0.6 is 12.2 Å². The Morgan fingerprint density at radius 1 is 1.06 bits per heavy atom. The number of non-ortho nitro benzene ring substituents is 1. The maximum atomic E-state index is 11.2. The van der Waals surface area contributed by atoms with Crippen molar-refractivity contribution in [1.82, 2.24) is 10.3 Å². The molecule has 0 amide bonds. The maximum Gasteiger partial charge on any atom is 0.270 e. The highest BCUT2D eigenvalue weighted by Gasteiger charge is 2.42. The fourth-order valence-electron chi connectivity index (χ4n) is 4.07. The number of benzene rings is 2. The van der Waals surface area contributed by atoms with Crippen LogP contribution in [0.15, 0.2) is 89.5 Å². The Balaban J connectivity index is 1.58. The lowest BCUT2D eigenvalue weighted by molar-refractivity contribution is -0.384. The summed E-state index contributed by atoms with van der Waals surface area (Å²) in [6, 6.07) is 23.5. The van der Waals surface area contributed by atoms with E-state index in [1.54, 1.807) is 18.3 Å². The van der Waals surface area contributed by atoms with E-state index in [1.807, 2.05) is 66.4 Å². The number of hydrogen-bond acceptors (Lipinski definition) is 5. The van der Waals surface area contributed by atoms with E-state index in [-0.39, 0.29) is 17.8 Å². The van der Waals surface area contributed by atoms with E-state index in [1.165, 1.54) is 12.1 Å². The van der Waals surface area contributed by atoms with Crippen LogP contribution in [0.4, 0.5) is 11.4 Å². The second-order valence-corrected chi connectivity index (χ2v) is 8.23. The first-order valence-electron chi connectivity index (χ1n) is 10.4. The van der Waals surface area contributed by atoms with Gasteiger partial charge in [0.15, 0.2) is 5.11 Å². The van der Waals surface area contributed by atoms with Gasteiger partial charge < -0.3 is 14.6 Å². The molecule has 2 atom stereocenters. The first kappa shape index (κ1) is 20.8. The molecule has 5 rings (SSSR count). The standard InChI is InChI=1S/C25H20N4O3S/c1-16-8-10-18(11-9-16)28-24(23(27-25(28)33)20-7-2-3-14-26-20)22-13-12-21(32-22)17-5-4-6-19(15-17)29(30)31/h2-15,23-24H,1H3,(H,27,33). The fraction of sp³-hybridized carbons (Fsp3) is 0.120. The zero-order chi connectivity index (χ0) is 22.9. The highest BCUT2D eigenvalue weighted by molar-refractivity contribution is 7.80. The number of nitrogens with one attached hydrogen (secondary N) is 1. The van der Waals surface area contributed by atoms with Crippen LogP contribution in [0.1, 0.15) is 29.1 Å². The number of nitro groups is 1. The van der Waals surface area contributed by atoms with Crippen molar-refractivity contribution in [3.05, 3.63) is 112 Å². The van der Waals surface area contributed by atoms with Crippen molar-refractivity contribution in [3.8, 4) is 11.3 Å². The van der Waals surface area contributed by atoms with Crippen LogP contribution in [-0.4, -0.2) is 15.0 Å². The summed E-state index contributed by atoms with van der Waals surface area (Å²) in [5.41, 5.74) is 3.59. The summed E-state index contributed by atoms with van der Waals surface area (Å²) >= 11 is 5.73. The van der Waals surface area contributed by atoms with Crippen LogP contribution in [0.5, 0.6) is 0 Å². The second-order valence-electron chi connectivity index (χ2n) is 7.84. The third-order valence-electron chi connectivity index (χ3n) is 5.67. The van der Waals surface area contributed by atoms with Gasteiger partial charge in [0.1, 0.15) is 17.6 Å². The molecule has 33 heavy (non-hydrogen) atoms.